The van der Waals surface area contributed by atoms with Gasteiger partial charge in [0, 0.05) is 35.7 Å². The maximum Gasteiger partial charge on any atom is 0.251 e. The number of nitrogens with one attached hydrogen (secondary N) is 1. The lowest BCUT2D eigenvalue weighted by molar-refractivity contribution is 0.0942. The second-order valence-corrected chi connectivity index (χ2v) is 5.27. The van der Waals surface area contributed by atoms with E-state index in [1.165, 1.54) is 0 Å². The van der Waals surface area contributed by atoms with E-state index in [-0.39, 0.29) is 36.3 Å². The molecule has 0 spiro atoms. The first-order chi connectivity index (χ1) is 10.1. The summed E-state index contributed by atoms with van der Waals surface area (Å²) < 4.78 is 1.89. The Labute approximate surface area is 149 Å². The molecule has 2 aromatic rings. The first-order valence-corrected chi connectivity index (χ1v) is 7.23. The molecule has 5 nitrogen and oxygen atoms in total. The van der Waals surface area contributed by atoms with E-state index in [0.717, 1.165) is 18.5 Å². The maximum atomic E-state index is 12.1. The number of carbonyl (C=O) groups excluding carboxylic acids is 1. The number of hydrogen-bond donors (Lipinski definition) is 2. The van der Waals surface area contributed by atoms with Crippen molar-refractivity contribution in [2.45, 2.75) is 32.2 Å². The molecule has 0 fully saturated rings. The van der Waals surface area contributed by atoms with Gasteiger partial charge in [0.1, 0.15) is 0 Å². The lowest BCUT2D eigenvalue weighted by Crippen LogP contribution is -2.49. The van der Waals surface area contributed by atoms with Crippen LogP contribution in [0.2, 0.25) is 0 Å². The molecule has 0 atom stereocenters. The van der Waals surface area contributed by atoms with Crippen molar-refractivity contribution in [3.63, 3.8) is 0 Å². The van der Waals surface area contributed by atoms with E-state index in [1.807, 2.05) is 36.7 Å². The molecule has 0 saturated heterocycles. The third kappa shape index (κ3) is 5.53. The minimum atomic E-state index is -0.327. The molecule has 0 radical (unpaired) electrons. The number of benzene rings is 1. The molecule has 3 N–H and O–H groups in total. The van der Waals surface area contributed by atoms with Crippen molar-refractivity contribution in [2.75, 3.05) is 6.54 Å². The molecular weight excluding hydrogens is 335 g/mol. The zero-order valence-corrected chi connectivity index (χ0v) is 15.0. The van der Waals surface area contributed by atoms with Crippen molar-refractivity contribution in [1.29, 1.82) is 0 Å². The van der Waals surface area contributed by atoms with Crippen LogP contribution in [0.5, 0.6) is 0 Å². The maximum absolute atomic E-state index is 12.1. The number of carbonyl (C=O) groups is 1. The van der Waals surface area contributed by atoms with Crippen LogP contribution in [-0.2, 0) is 0 Å². The molecule has 0 aliphatic rings. The summed E-state index contributed by atoms with van der Waals surface area (Å²) >= 11 is 0. The van der Waals surface area contributed by atoms with Crippen LogP contribution >= 0.6 is 24.8 Å². The lowest BCUT2D eigenvalue weighted by Gasteiger charge is -2.26. The van der Waals surface area contributed by atoms with Gasteiger partial charge in [-0.3, -0.25) is 4.79 Å². The fraction of sp³-hybridized carbons (Fsp3) is 0.375. The van der Waals surface area contributed by atoms with Crippen molar-refractivity contribution in [1.82, 2.24) is 14.9 Å². The topological polar surface area (TPSA) is 72.9 Å². The van der Waals surface area contributed by atoms with E-state index in [1.54, 1.807) is 24.7 Å². The molecule has 1 heterocycles. The van der Waals surface area contributed by atoms with Gasteiger partial charge in [0.05, 0.1) is 6.33 Å². The molecule has 0 unspecified atom stereocenters. The molecule has 0 aliphatic carbocycles. The summed E-state index contributed by atoms with van der Waals surface area (Å²) in [6.45, 7) is 4.56. The normalized spacial score (nSPS) is 10.4. The van der Waals surface area contributed by atoms with Crippen LogP contribution < -0.4 is 11.1 Å². The van der Waals surface area contributed by atoms with Crippen molar-refractivity contribution < 1.29 is 4.79 Å². The van der Waals surface area contributed by atoms with Gasteiger partial charge in [0.25, 0.3) is 5.91 Å². The van der Waals surface area contributed by atoms with E-state index in [0.29, 0.717) is 12.1 Å². The predicted octanol–water partition coefficient (Wildman–Crippen LogP) is 2.96. The highest BCUT2D eigenvalue weighted by atomic mass is 35.5. The van der Waals surface area contributed by atoms with Gasteiger partial charge in [-0.2, -0.15) is 0 Å². The number of nitrogens with two attached hydrogens (primary N) is 1. The molecule has 1 aromatic heterocycles. The highest BCUT2D eigenvalue weighted by molar-refractivity contribution is 5.94. The van der Waals surface area contributed by atoms with Gasteiger partial charge in [0.2, 0.25) is 0 Å². The lowest BCUT2D eigenvalue weighted by atomic mass is 9.94. The Hall–Kier alpha value is -1.56. The summed E-state index contributed by atoms with van der Waals surface area (Å²) in [6.07, 6.45) is 6.98. The van der Waals surface area contributed by atoms with Crippen LogP contribution in [0.25, 0.3) is 5.69 Å². The number of rotatable bonds is 6. The summed E-state index contributed by atoms with van der Waals surface area (Å²) in [6, 6.07) is 7.40. The third-order valence-corrected chi connectivity index (χ3v) is 3.94. The Morgan fingerprint density at radius 1 is 1.22 bits per heavy atom. The molecule has 23 heavy (non-hydrogen) atoms. The van der Waals surface area contributed by atoms with Crippen LogP contribution in [0, 0.1) is 0 Å². The minimum Gasteiger partial charge on any atom is -0.350 e. The quantitative estimate of drug-likeness (QED) is 0.833. The molecule has 1 amide bonds. The second kappa shape index (κ2) is 9.55. The SMILES string of the molecule is CCC(N)(CC)CNC(=O)c1ccc(-n2ccnc2)cc1.Cl.Cl. The fourth-order valence-corrected chi connectivity index (χ4v) is 2.06. The van der Waals surface area contributed by atoms with Crippen molar-refractivity contribution in [2.24, 2.45) is 5.73 Å². The number of amides is 1. The standard InChI is InChI=1S/C16H22N4O.2ClH/c1-3-16(17,4-2)11-19-15(21)13-5-7-14(8-6-13)20-10-9-18-12-20;;/h5-10,12H,3-4,11,17H2,1-2H3,(H,19,21);2*1H. The first kappa shape index (κ1) is 21.4. The van der Waals surface area contributed by atoms with Gasteiger partial charge in [-0.15, -0.1) is 24.8 Å². The molecule has 128 valence electrons. The Morgan fingerprint density at radius 2 is 1.83 bits per heavy atom. The number of halogens is 2. The molecule has 2 rings (SSSR count). The average molecular weight is 359 g/mol. The number of aromatic nitrogens is 2. The van der Waals surface area contributed by atoms with Gasteiger partial charge in [-0.1, -0.05) is 13.8 Å². The van der Waals surface area contributed by atoms with Crippen LogP contribution in [0.1, 0.15) is 37.0 Å². The highest BCUT2D eigenvalue weighted by Crippen LogP contribution is 2.11. The molecule has 0 saturated carbocycles. The fourth-order valence-electron chi connectivity index (χ4n) is 2.06. The monoisotopic (exact) mass is 358 g/mol. The van der Waals surface area contributed by atoms with E-state index in [4.69, 9.17) is 5.73 Å². The largest absolute Gasteiger partial charge is 0.350 e. The van der Waals surface area contributed by atoms with Gasteiger partial charge < -0.3 is 15.6 Å². The smallest absolute Gasteiger partial charge is 0.251 e. The van der Waals surface area contributed by atoms with Crippen LogP contribution in [0.4, 0.5) is 0 Å². The first-order valence-electron chi connectivity index (χ1n) is 7.23. The summed E-state index contributed by atoms with van der Waals surface area (Å²) in [4.78, 5) is 16.1. The van der Waals surface area contributed by atoms with Crippen LogP contribution in [0.3, 0.4) is 0 Å². The third-order valence-electron chi connectivity index (χ3n) is 3.94. The van der Waals surface area contributed by atoms with Crippen molar-refractivity contribution in [3.8, 4) is 5.69 Å². The van der Waals surface area contributed by atoms with Crippen LogP contribution in [0.15, 0.2) is 43.0 Å². The molecular formula is C16H24Cl2N4O. The van der Waals surface area contributed by atoms with Gasteiger partial charge >= 0.3 is 0 Å². The number of imidazole rings is 1. The Balaban J connectivity index is 0.00000242. The molecule has 1 aromatic carbocycles. The van der Waals surface area contributed by atoms with E-state index >= 15 is 0 Å². The van der Waals surface area contributed by atoms with Crippen molar-refractivity contribution in [3.05, 3.63) is 48.5 Å². The van der Waals surface area contributed by atoms with Crippen molar-refractivity contribution >= 4 is 30.7 Å². The Morgan fingerprint density at radius 3 is 2.30 bits per heavy atom. The summed E-state index contributed by atoms with van der Waals surface area (Å²) in [5.41, 5.74) is 7.46. The minimum absolute atomic E-state index is 0. The highest BCUT2D eigenvalue weighted by Gasteiger charge is 2.21. The second-order valence-electron chi connectivity index (χ2n) is 5.27. The molecule has 0 aliphatic heterocycles. The number of nitrogens with zero attached hydrogens (tertiary/aromatic N) is 2. The zero-order valence-electron chi connectivity index (χ0n) is 13.4. The molecule has 7 heteroatoms. The van der Waals surface area contributed by atoms with Crippen LogP contribution in [-0.4, -0.2) is 27.5 Å². The van der Waals surface area contributed by atoms with Gasteiger partial charge in [0.15, 0.2) is 0 Å². The predicted molar refractivity (Wildman–Crippen MR) is 97.9 cm³/mol. The summed E-state index contributed by atoms with van der Waals surface area (Å²) in [7, 11) is 0. The van der Waals surface area contributed by atoms with E-state index in [2.05, 4.69) is 10.3 Å². The van der Waals surface area contributed by atoms with E-state index < -0.39 is 0 Å². The van der Waals surface area contributed by atoms with Gasteiger partial charge in [-0.05, 0) is 37.1 Å². The van der Waals surface area contributed by atoms with Gasteiger partial charge in [-0.25, -0.2) is 4.98 Å². The summed E-state index contributed by atoms with van der Waals surface area (Å²) in [5, 5.41) is 2.91. The average Bonchev–Trinajstić information content (AvgIpc) is 3.07. The van der Waals surface area contributed by atoms with E-state index in [9.17, 15) is 4.79 Å². The Kier molecular flexibility index (Phi) is 8.90. The number of hydrogen-bond acceptors (Lipinski definition) is 3. The molecule has 0 bridgehead atoms. The Bertz CT molecular complexity index is 581. The zero-order chi connectivity index (χ0) is 15.3. The summed E-state index contributed by atoms with van der Waals surface area (Å²) in [5.74, 6) is -0.0936.